The van der Waals surface area contributed by atoms with Gasteiger partial charge in [0, 0.05) is 4.47 Å². The van der Waals surface area contributed by atoms with Crippen molar-refractivity contribution in [1.29, 1.82) is 0 Å². The molecule has 0 aliphatic carbocycles. The first-order valence-electron chi connectivity index (χ1n) is 4.82. The van der Waals surface area contributed by atoms with Crippen molar-refractivity contribution in [3.8, 4) is 0 Å². The van der Waals surface area contributed by atoms with Crippen LogP contribution in [-0.4, -0.2) is 23.7 Å². The summed E-state index contributed by atoms with van der Waals surface area (Å²) in [5, 5.41) is 11.9. The molecule has 0 fully saturated rings. The molecule has 1 heterocycles. The lowest BCUT2D eigenvalue weighted by Crippen LogP contribution is -2.40. The van der Waals surface area contributed by atoms with Crippen molar-refractivity contribution in [2.75, 3.05) is 6.61 Å². The van der Waals surface area contributed by atoms with Gasteiger partial charge < -0.3 is 10.4 Å². The molecule has 0 aromatic carbocycles. The van der Waals surface area contributed by atoms with Crippen molar-refractivity contribution in [1.82, 2.24) is 5.32 Å². The molecule has 1 rings (SSSR count). The van der Waals surface area contributed by atoms with Gasteiger partial charge in [-0.1, -0.05) is 13.8 Å². The Morgan fingerprint density at radius 2 is 2.19 bits per heavy atom. The van der Waals surface area contributed by atoms with Crippen molar-refractivity contribution in [2.45, 2.75) is 19.9 Å². The molecule has 1 amide bonds. The Labute approximate surface area is 116 Å². The summed E-state index contributed by atoms with van der Waals surface area (Å²) in [5.74, 6) is 0.0601. The van der Waals surface area contributed by atoms with Crippen LogP contribution >= 0.6 is 43.2 Å². The second-order valence-electron chi connectivity index (χ2n) is 3.74. The quantitative estimate of drug-likeness (QED) is 0.855. The van der Waals surface area contributed by atoms with E-state index in [1.165, 1.54) is 11.3 Å². The fraction of sp³-hybridized carbons (Fsp3) is 0.500. The fourth-order valence-electron chi connectivity index (χ4n) is 1.12. The van der Waals surface area contributed by atoms with Crippen molar-refractivity contribution in [2.24, 2.45) is 5.92 Å². The number of carbonyl (C=O) groups is 1. The van der Waals surface area contributed by atoms with Crippen molar-refractivity contribution in [3.05, 3.63) is 19.2 Å². The third kappa shape index (κ3) is 3.55. The number of nitrogens with one attached hydrogen (secondary N) is 1. The molecule has 3 nitrogen and oxygen atoms in total. The van der Waals surface area contributed by atoms with Gasteiger partial charge in [-0.3, -0.25) is 4.79 Å². The van der Waals surface area contributed by atoms with E-state index in [4.69, 9.17) is 5.11 Å². The molecule has 0 bridgehead atoms. The summed E-state index contributed by atoms with van der Waals surface area (Å²) in [4.78, 5) is 12.5. The molecule has 16 heavy (non-hydrogen) atoms. The molecule has 0 aliphatic rings. The van der Waals surface area contributed by atoms with E-state index in [-0.39, 0.29) is 24.5 Å². The van der Waals surface area contributed by atoms with Crippen LogP contribution in [0, 0.1) is 5.92 Å². The number of aliphatic hydroxyl groups excluding tert-OH is 1. The largest absolute Gasteiger partial charge is 0.394 e. The molecule has 0 saturated heterocycles. The first-order chi connectivity index (χ1) is 7.45. The highest BCUT2D eigenvalue weighted by molar-refractivity contribution is 9.13. The first kappa shape index (κ1) is 14.2. The molecule has 0 unspecified atom stereocenters. The van der Waals surface area contributed by atoms with E-state index in [2.05, 4.69) is 37.2 Å². The topological polar surface area (TPSA) is 49.3 Å². The first-order valence-corrected chi connectivity index (χ1v) is 7.22. The maximum Gasteiger partial charge on any atom is 0.261 e. The van der Waals surface area contributed by atoms with Gasteiger partial charge >= 0.3 is 0 Å². The summed E-state index contributed by atoms with van der Waals surface area (Å²) in [6.45, 7) is 3.87. The lowest BCUT2D eigenvalue weighted by atomic mass is 10.1. The van der Waals surface area contributed by atoms with Gasteiger partial charge in [-0.2, -0.15) is 0 Å². The van der Waals surface area contributed by atoms with Crippen LogP contribution in [0.1, 0.15) is 23.5 Å². The number of carbonyl (C=O) groups excluding carboxylic acids is 1. The minimum atomic E-state index is -0.202. The number of hydrogen-bond acceptors (Lipinski definition) is 3. The van der Waals surface area contributed by atoms with Gasteiger partial charge in [-0.25, -0.2) is 0 Å². The molecule has 1 aromatic heterocycles. The summed E-state index contributed by atoms with van der Waals surface area (Å²) < 4.78 is 1.76. The minimum absolute atomic E-state index is 0.0445. The third-order valence-electron chi connectivity index (χ3n) is 2.19. The maximum atomic E-state index is 11.8. The lowest BCUT2D eigenvalue weighted by molar-refractivity contribution is 0.0901. The summed E-state index contributed by atoms with van der Waals surface area (Å²) in [5.41, 5.74) is 0. The summed E-state index contributed by atoms with van der Waals surface area (Å²) in [6, 6.07) is 1.56. The van der Waals surface area contributed by atoms with Crippen LogP contribution in [0.2, 0.25) is 0 Å². The molecule has 1 aromatic rings. The van der Waals surface area contributed by atoms with E-state index in [0.717, 1.165) is 8.26 Å². The lowest BCUT2D eigenvalue weighted by Gasteiger charge is -2.19. The molecular weight excluding hydrogens is 358 g/mol. The van der Waals surface area contributed by atoms with E-state index in [1.54, 1.807) is 6.07 Å². The second kappa shape index (κ2) is 6.14. The highest BCUT2D eigenvalue weighted by Gasteiger charge is 2.18. The van der Waals surface area contributed by atoms with Gasteiger partial charge in [0.2, 0.25) is 0 Å². The van der Waals surface area contributed by atoms with Crippen LogP contribution in [0.4, 0.5) is 0 Å². The van der Waals surface area contributed by atoms with Crippen LogP contribution in [-0.2, 0) is 0 Å². The Hall–Kier alpha value is 0.0900. The maximum absolute atomic E-state index is 11.8. The average molecular weight is 371 g/mol. The van der Waals surface area contributed by atoms with Gasteiger partial charge in [0.15, 0.2) is 0 Å². The average Bonchev–Trinajstić information content (AvgIpc) is 2.55. The van der Waals surface area contributed by atoms with Gasteiger partial charge in [0.25, 0.3) is 5.91 Å². The summed E-state index contributed by atoms with van der Waals surface area (Å²) in [6.07, 6.45) is 0. The number of halogens is 2. The smallest absolute Gasteiger partial charge is 0.261 e. The van der Waals surface area contributed by atoms with E-state index in [9.17, 15) is 4.79 Å². The van der Waals surface area contributed by atoms with Crippen LogP contribution < -0.4 is 5.32 Å². The molecule has 0 aliphatic heterocycles. The Bertz CT molecular complexity index is 359. The monoisotopic (exact) mass is 369 g/mol. The van der Waals surface area contributed by atoms with Gasteiger partial charge in [0.05, 0.1) is 21.3 Å². The van der Waals surface area contributed by atoms with Crippen LogP contribution in [0.3, 0.4) is 0 Å². The predicted molar refractivity (Wildman–Crippen MR) is 72.9 cm³/mol. The Morgan fingerprint density at radius 3 is 2.56 bits per heavy atom. The van der Waals surface area contributed by atoms with E-state index < -0.39 is 0 Å². The van der Waals surface area contributed by atoms with Gasteiger partial charge in [-0.05, 0) is 43.8 Å². The Morgan fingerprint density at radius 1 is 1.56 bits per heavy atom. The molecule has 1 atom stereocenters. The molecule has 0 spiro atoms. The van der Waals surface area contributed by atoms with E-state index >= 15 is 0 Å². The Kier molecular flexibility index (Phi) is 5.43. The zero-order valence-electron chi connectivity index (χ0n) is 8.96. The zero-order valence-corrected chi connectivity index (χ0v) is 12.9. The van der Waals surface area contributed by atoms with Crippen LogP contribution in [0.15, 0.2) is 14.3 Å². The number of rotatable bonds is 4. The van der Waals surface area contributed by atoms with Crippen molar-refractivity contribution < 1.29 is 9.90 Å². The third-order valence-corrected chi connectivity index (χ3v) is 5.44. The van der Waals surface area contributed by atoms with Gasteiger partial charge in [-0.15, -0.1) is 11.3 Å². The van der Waals surface area contributed by atoms with Crippen molar-refractivity contribution in [3.63, 3.8) is 0 Å². The predicted octanol–water partition coefficient (Wildman–Crippen LogP) is 3.02. The van der Waals surface area contributed by atoms with E-state index in [0.29, 0.717) is 4.88 Å². The summed E-state index contributed by atoms with van der Waals surface area (Å²) >= 11 is 8.03. The molecule has 90 valence electrons. The number of amides is 1. The fourth-order valence-corrected chi connectivity index (χ4v) is 3.06. The SMILES string of the molecule is CC(C)[C@@H](CO)NC(=O)c1cc(Br)c(Br)s1. The Balaban J connectivity index is 2.71. The number of thiophene rings is 1. The highest BCUT2D eigenvalue weighted by Crippen LogP contribution is 2.32. The van der Waals surface area contributed by atoms with Crippen molar-refractivity contribution >= 4 is 49.1 Å². The number of hydrogen-bond donors (Lipinski definition) is 2. The second-order valence-corrected chi connectivity index (χ2v) is 6.96. The minimum Gasteiger partial charge on any atom is -0.394 e. The van der Waals surface area contributed by atoms with Gasteiger partial charge in [0.1, 0.15) is 0 Å². The standard InChI is InChI=1S/C10H13Br2NO2S/c1-5(2)7(4-14)13-10(15)8-3-6(11)9(12)16-8/h3,5,7,14H,4H2,1-2H3,(H,13,15)/t7-/m1/s1. The molecule has 6 heteroatoms. The normalized spacial score (nSPS) is 12.9. The van der Waals surface area contributed by atoms with Crippen LogP contribution in [0.5, 0.6) is 0 Å². The zero-order chi connectivity index (χ0) is 12.3. The van der Waals surface area contributed by atoms with Crippen LogP contribution in [0.25, 0.3) is 0 Å². The van der Waals surface area contributed by atoms with E-state index in [1.807, 2.05) is 13.8 Å². The summed E-state index contributed by atoms with van der Waals surface area (Å²) in [7, 11) is 0. The molecule has 0 saturated carbocycles. The molecular formula is C10H13Br2NO2S. The molecule has 2 N–H and O–H groups in total. The highest BCUT2D eigenvalue weighted by atomic mass is 79.9. The molecule has 0 radical (unpaired) electrons. The number of aliphatic hydroxyl groups is 1.